The van der Waals surface area contributed by atoms with Crippen LogP contribution in [0.1, 0.15) is 13.3 Å². The Bertz CT molecular complexity index is 504. The average Bonchev–Trinajstić information content (AvgIpc) is 2.41. The summed E-state index contributed by atoms with van der Waals surface area (Å²) in [6.45, 7) is 1.93. The van der Waals surface area contributed by atoms with Crippen molar-refractivity contribution in [3.63, 3.8) is 0 Å². The highest BCUT2D eigenvalue weighted by atomic mass is 35.5. The Morgan fingerprint density at radius 2 is 1.86 bits per heavy atom. The van der Waals surface area contributed by atoms with E-state index >= 15 is 0 Å². The highest BCUT2D eigenvalue weighted by Crippen LogP contribution is 2.14. The number of thioether (sulfide) groups is 1. The fourth-order valence-corrected chi connectivity index (χ4v) is 2.23. The third-order valence-electron chi connectivity index (χ3n) is 2.27. The lowest BCUT2D eigenvalue weighted by molar-refractivity contribution is -0.145. The molecule has 0 spiro atoms. The van der Waals surface area contributed by atoms with Crippen LogP contribution in [0.2, 0.25) is 5.02 Å². The summed E-state index contributed by atoms with van der Waals surface area (Å²) in [5.41, 5.74) is 0.642. The third kappa shape index (κ3) is 7.72. The molecule has 1 aromatic carbocycles. The number of ketones is 1. The molecule has 1 rings (SSSR count). The van der Waals surface area contributed by atoms with E-state index < -0.39 is 5.97 Å². The molecule has 0 unspecified atom stereocenters. The number of amides is 1. The van der Waals surface area contributed by atoms with E-state index in [0.717, 1.165) is 11.8 Å². The van der Waals surface area contributed by atoms with E-state index in [9.17, 15) is 14.4 Å². The quantitative estimate of drug-likeness (QED) is 0.586. The van der Waals surface area contributed by atoms with Crippen LogP contribution in [-0.4, -0.2) is 35.8 Å². The highest BCUT2D eigenvalue weighted by Gasteiger charge is 2.11. The van der Waals surface area contributed by atoms with E-state index in [0.29, 0.717) is 10.7 Å². The molecule has 0 radical (unpaired) electrons. The van der Waals surface area contributed by atoms with Crippen molar-refractivity contribution in [3.05, 3.63) is 29.3 Å². The second-order valence-electron chi connectivity index (χ2n) is 4.07. The Morgan fingerprint density at radius 3 is 2.48 bits per heavy atom. The number of carbonyl (C=O) groups is 3. The van der Waals surface area contributed by atoms with E-state index in [-0.39, 0.29) is 36.2 Å². The second kappa shape index (κ2) is 9.41. The zero-order chi connectivity index (χ0) is 15.7. The van der Waals surface area contributed by atoms with Gasteiger partial charge in [-0.15, -0.1) is 11.8 Å². The summed E-state index contributed by atoms with van der Waals surface area (Å²) >= 11 is 6.90. The summed E-state index contributed by atoms with van der Waals surface area (Å²) in [6, 6.07) is 6.73. The number of benzene rings is 1. The SMILES string of the molecule is CCOC(=O)CC(=O)CSCC(=O)Nc1ccc(Cl)cc1. The lowest BCUT2D eigenvalue weighted by Gasteiger charge is -2.05. The van der Waals surface area contributed by atoms with Crippen LogP contribution in [-0.2, 0) is 19.1 Å². The molecule has 0 aromatic heterocycles. The molecule has 0 aliphatic rings. The van der Waals surface area contributed by atoms with Gasteiger partial charge in [-0.3, -0.25) is 14.4 Å². The standard InChI is InChI=1S/C14H16ClNO4S/c1-2-20-14(19)7-12(17)8-21-9-13(18)16-11-5-3-10(15)4-6-11/h3-6H,2,7-9H2,1H3,(H,16,18). The van der Waals surface area contributed by atoms with Gasteiger partial charge in [-0.1, -0.05) is 11.6 Å². The molecule has 0 bridgehead atoms. The minimum atomic E-state index is -0.534. The maximum absolute atomic E-state index is 11.6. The predicted molar refractivity (Wildman–Crippen MR) is 83.7 cm³/mol. The maximum atomic E-state index is 11.6. The van der Waals surface area contributed by atoms with Crippen LogP contribution in [0, 0.1) is 0 Å². The second-order valence-corrected chi connectivity index (χ2v) is 5.49. The van der Waals surface area contributed by atoms with E-state index in [1.54, 1.807) is 31.2 Å². The van der Waals surface area contributed by atoms with E-state index in [2.05, 4.69) is 10.1 Å². The number of esters is 1. The first kappa shape index (κ1) is 17.5. The molecule has 1 N–H and O–H groups in total. The van der Waals surface area contributed by atoms with Gasteiger partial charge in [0.2, 0.25) is 5.91 Å². The summed E-state index contributed by atoms with van der Waals surface area (Å²) < 4.78 is 4.67. The molecule has 1 amide bonds. The first-order valence-electron chi connectivity index (χ1n) is 6.31. The molecule has 0 atom stereocenters. The smallest absolute Gasteiger partial charge is 0.313 e. The lowest BCUT2D eigenvalue weighted by atomic mass is 10.3. The van der Waals surface area contributed by atoms with Gasteiger partial charge in [-0.2, -0.15) is 0 Å². The normalized spacial score (nSPS) is 10.0. The van der Waals surface area contributed by atoms with Crippen molar-refractivity contribution in [1.29, 1.82) is 0 Å². The first-order valence-corrected chi connectivity index (χ1v) is 7.85. The number of anilines is 1. The van der Waals surface area contributed by atoms with Crippen molar-refractivity contribution in [2.45, 2.75) is 13.3 Å². The molecule has 114 valence electrons. The number of carbonyl (C=O) groups excluding carboxylic acids is 3. The predicted octanol–water partition coefficient (Wildman–Crippen LogP) is 2.53. The monoisotopic (exact) mass is 329 g/mol. The van der Waals surface area contributed by atoms with Crippen LogP contribution < -0.4 is 5.32 Å². The molecule has 5 nitrogen and oxygen atoms in total. The van der Waals surface area contributed by atoms with E-state index in [4.69, 9.17) is 11.6 Å². The van der Waals surface area contributed by atoms with Crippen LogP contribution in [0.15, 0.2) is 24.3 Å². The molecule has 21 heavy (non-hydrogen) atoms. The van der Waals surface area contributed by atoms with Crippen molar-refractivity contribution in [3.8, 4) is 0 Å². The Kier molecular flexibility index (Phi) is 7.85. The fraction of sp³-hybridized carbons (Fsp3) is 0.357. The van der Waals surface area contributed by atoms with Gasteiger partial charge in [0.05, 0.1) is 18.1 Å². The van der Waals surface area contributed by atoms with Crippen molar-refractivity contribution in [2.24, 2.45) is 0 Å². The number of hydrogen-bond acceptors (Lipinski definition) is 5. The Labute approximate surface area is 132 Å². The molecule has 0 saturated heterocycles. The molecule has 1 aromatic rings. The van der Waals surface area contributed by atoms with Gasteiger partial charge in [0.1, 0.15) is 6.42 Å². The van der Waals surface area contributed by atoms with Crippen LogP contribution in [0.4, 0.5) is 5.69 Å². The minimum Gasteiger partial charge on any atom is -0.466 e. The first-order chi connectivity index (χ1) is 10.0. The summed E-state index contributed by atoms with van der Waals surface area (Å²) in [7, 11) is 0. The highest BCUT2D eigenvalue weighted by molar-refractivity contribution is 8.00. The number of nitrogens with one attached hydrogen (secondary N) is 1. The topological polar surface area (TPSA) is 72.5 Å². The summed E-state index contributed by atoms with van der Waals surface area (Å²) in [5, 5.41) is 3.27. The summed E-state index contributed by atoms with van der Waals surface area (Å²) in [6.07, 6.45) is -0.250. The maximum Gasteiger partial charge on any atom is 0.313 e. The summed E-state index contributed by atoms with van der Waals surface area (Å²) in [5.74, 6) is -0.762. The van der Waals surface area contributed by atoms with Crippen molar-refractivity contribution < 1.29 is 19.1 Å². The molecule has 0 aliphatic carbocycles. The number of halogens is 1. The van der Waals surface area contributed by atoms with Crippen molar-refractivity contribution in [1.82, 2.24) is 0 Å². The number of ether oxygens (including phenoxy) is 1. The van der Waals surface area contributed by atoms with Gasteiger partial charge < -0.3 is 10.1 Å². The van der Waals surface area contributed by atoms with Gasteiger partial charge >= 0.3 is 5.97 Å². The fourth-order valence-electron chi connectivity index (χ4n) is 1.41. The number of Topliss-reactive ketones (excluding diaryl/α,β-unsaturated/α-hetero) is 1. The Balaban J connectivity index is 2.22. The molecule has 0 aliphatic heterocycles. The van der Waals surface area contributed by atoms with Gasteiger partial charge in [0.25, 0.3) is 0 Å². The van der Waals surface area contributed by atoms with Gasteiger partial charge in [-0.05, 0) is 31.2 Å². The van der Waals surface area contributed by atoms with Crippen LogP contribution in [0.25, 0.3) is 0 Å². The van der Waals surface area contributed by atoms with Gasteiger partial charge in [0, 0.05) is 10.7 Å². The molecule has 7 heteroatoms. The molecule has 0 saturated carbocycles. The zero-order valence-corrected chi connectivity index (χ0v) is 13.1. The van der Waals surface area contributed by atoms with E-state index in [1.807, 2.05) is 0 Å². The largest absolute Gasteiger partial charge is 0.466 e. The van der Waals surface area contributed by atoms with Crippen LogP contribution in [0.5, 0.6) is 0 Å². The minimum absolute atomic E-state index is 0.104. The van der Waals surface area contributed by atoms with Crippen LogP contribution in [0.3, 0.4) is 0 Å². The summed E-state index contributed by atoms with van der Waals surface area (Å²) in [4.78, 5) is 34.2. The number of rotatable bonds is 8. The third-order valence-corrected chi connectivity index (χ3v) is 3.52. The number of hydrogen-bond donors (Lipinski definition) is 1. The lowest BCUT2D eigenvalue weighted by Crippen LogP contribution is -2.17. The average molecular weight is 330 g/mol. The van der Waals surface area contributed by atoms with Gasteiger partial charge in [-0.25, -0.2) is 0 Å². The van der Waals surface area contributed by atoms with Crippen LogP contribution >= 0.6 is 23.4 Å². The van der Waals surface area contributed by atoms with Crippen molar-refractivity contribution >= 4 is 46.7 Å². The van der Waals surface area contributed by atoms with Crippen molar-refractivity contribution in [2.75, 3.05) is 23.4 Å². The molecular weight excluding hydrogens is 314 g/mol. The molecular formula is C14H16ClNO4S. The van der Waals surface area contributed by atoms with E-state index in [1.165, 1.54) is 0 Å². The Morgan fingerprint density at radius 1 is 1.19 bits per heavy atom. The Hall–Kier alpha value is -1.53. The molecule has 0 fully saturated rings. The molecule has 0 heterocycles. The zero-order valence-electron chi connectivity index (χ0n) is 11.6. The van der Waals surface area contributed by atoms with Gasteiger partial charge in [0.15, 0.2) is 5.78 Å².